The summed E-state index contributed by atoms with van der Waals surface area (Å²) in [4.78, 5) is 14.7. The number of H-pyrrole nitrogens is 1. The van der Waals surface area contributed by atoms with Gasteiger partial charge in [0.15, 0.2) is 0 Å². The van der Waals surface area contributed by atoms with E-state index in [0.29, 0.717) is 4.47 Å². The summed E-state index contributed by atoms with van der Waals surface area (Å²) in [7, 11) is 0. The van der Waals surface area contributed by atoms with Crippen LogP contribution in [-0.4, -0.2) is 21.1 Å². The minimum atomic E-state index is -4.71. The van der Waals surface area contributed by atoms with Crippen LogP contribution in [0.1, 0.15) is 16.2 Å². The maximum atomic E-state index is 13.4. The van der Waals surface area contributed by atoms with E-state index >= 15 is 0 Å². The molecule has 1 heterocycles. The molecule has 1 aromatic heterocycles. The second kappa shape index (κ2) is 5.19. The van der Waals surface area contributed by atoms with Gasteiger partial charge in [-0.3, -0.25) is 15.2 Å². The first-order valence-corrected chi connectivity index (χ1v) is 5.82. The van der Waals surface area contributed by atoms with Gasteiger partial charge in [-0.25, -0.2) is 4.39 Å². The van der Waals surface area contributed by atoms with Crippen LogP contribution < -0.4 is 5.32 Å². The molecule has 0 spiro atoms. The van der Waals surface area contributed by atoms with Gasteiger partial charge < -0.3 is 0 Å². The van der Waals surface area contributed by atoms with Crippen LogP contribution in [0.25, 0.3) is 0 Å². The number of hydrogen-bond donors (Lipinski definition) is 2. The third-order valence-corrected chi connectivity index (χ3v) is 2.65. The highest BCUT2D eigenvalue weighted by Crippen LogP contribution is 2.26. The van der Waals surface area contributed by atoms with Gasteiger partial charge in [0, 0.05) is 4.47 Å². The Kier molecular flexibility index (Phi) is 3.75. The number of rotatable bonds is 2. The number of carbonyl (C=O) groups is 1. The van der Waals surface area contributed by atoms with E-state index in [4.69, 9.17) is 0 Å². The van der Waals surface area contributed by atoms with Crippen molar-refractivity contribution < 1.29 is 22.4 Å². The maximum absolute atomic E-state index is 13.4. The first-order chi connectivity index (χ1) is 9.27. The number of nitrogens with zero attached hydrogens (tertiary/aromatic N) is 2. The predicted octanol–water partition coefficient (Wildman–Crippen LogP) is 2.98. The smallest absolute Gasteiger partial charge is 0.289 e. The van der Waals surface area contributed by atoms with Gasteiger partial charge in [0.1, 0.15) is 5.82 Å². The summed E-state index contributed by atoms with van der Waals surface area (Å²) in [6, 6.07) is 3.60. The molecule has 106 valence electrons. The molecule has 0 saturated carbocycles. The first-order valence-electron chi connectivity index (χ1n) is 5.03. The Morgan fingerprint density at radius 1 is 1.35 bits per heavy atom. The molecule has 0 aliphatic rings. The van der Waals surface area contributed by atoms with Crippen LogP contribution >= 0.6 is 15.9 Å². The third kappa shape index (κ3) is 3.13. The molecule has 2 rings (SSSR count). The molecule has 0 aliphatic heterocycles. The highest BCUT2D eigenvalue weighted by molar-refractivity contribution is 9.10. The van der Waals surface area contributed by atoms with E-state index in [1.807, 2.05) is 5.32 Å². The number of nitrogens with one attached hydrogen (secondary N) is 2. The van der Waals surface area contributed by atoms with E-state index in [-0.39, 0.29) is 5.56 Å². The number of aromatic amines is 1. The molecule has 2 N–H and O–H groups in total. The van der Waals surface area contributed by atoms with Gasteiger partial charge in [-0.05, 0) is 18.2 Å². The predicted molar refractivity (Wildman–Crippen MR) is 63.4 cm³/mol. The van der Waals surface area contributed by atoms with E-state index in [1.54, 1.807) is 5.10 Å². The Morgan fingerprint density at radius 2 is 2.05 bits per heavy atom. The molecule has 20 heavy (non-hydrogen) atoms. The zero-order valence-corrected chi connectivity index (χ0v) is 11.0. The van der Waals surface area contributed by atoms with E-state index < -0.39 is 29.7 Å². The summed E-state index contributed by atoms with van der Waals surface area (Å²) in [6.45, 7) is 0. The summed E-state index contributed by atoms with van der Waals surface area (Å²) in [6.07, 6.45) is -4.71. The van der Waals surface area contributed by atoms with Crippen molar-refractivity contribution >= 4 is 27.8 Å². The van der Waals surface area contributed by atoms with Crippen LogP contribution in [0.4, 0.5) is 23.5 Å². The zero-order valence-electron chi connectivity index (χ0n) is 9.42. The van der Waals surface area contributed by atoms with Crippen molar-refractivity contribution in [2.45, 2.75) is 6.18 Å². The first kappa shape index (κ1) is 14.4. The van der Waals surface area contributed by atoms with Gasteiger partial charge in [0.05, 0.1) is 5.56 Å². The summed E-state index contributed by atoms with van der Waals surface area (Å²) in [5, 5.41) is 6.77. The number of carbonyl (C=O) groups excluding carboxylic acids is 1. The second-order valence-corrected chi connectivity index (χ2v) is 4.50. The Balaban J connectivity index is 2.20. The van der Waals surface area contributed by atoms with Crippen LogP contribution in [0.3, 0.4) is 0 Å². The van der Waals surface area contributed by atoms with E-state index in [0.717, 1.165) is 6.07 Å². The fourth-order valence-corrected chi connectivity index (χ4v) is 1.65. The number of amides is 1. The fraction of sp³-hybridized carbons (Fsp3) is 0.100. The lowest BCUT2D eigenvalue weighted by atomic mass is 10.2. The maximum Gasteiger partial charge on any atom is 0.451 e. The number of alkyl halides is 3. The number of benzene rings is 1. The van der Waals surface area contributed by atoms with Crippen molar-refractivity contribution in [3.05, 3.63) is 39.9 Å². The average molecular weight is 353 g/mol. The second-order valence-electron chi connectivity index (χ2n) is 3.58. The highest BCUT2D eigenvalue weighted by atomic mass is 79.9. The molecule has 1 aromatic carbocycles. The Morgan fingerprint density at radius 3 is 2.65 bits per heavy atom. The summed E-state index contributed by atoms with van der Waals surface area (Å²) in [5.41, 5.74) is -0.349. The quantitative estimate of drug-likeness (QED) is 0.816. The zero-order chi connectivity index (χ0) is 14.9. The molecule has 0 atom stereocenters. The molecule has 0 radical (unpaired) electrons. The third-order valence-electron chi connectivity index (χ3n) is 2.15. The number of halogens is 5. The largest absolute Gasteiger partial charge is 0.451 e. The number of anilines is 1. The molecule has 10 heteroatoms. The fourth-order valence-electron chi connectivity index (χ4n) is 1.28. The standard InChI is InChI=1S/C10H5BrF4N4O/c11-4-1-2-6(12)5(3-4)7(20)16-9-17-8(18-19-9)10(13,14)15/h1-3H,(H2,16,17,18,19,20). The molecule has 0 fully saturated rings. The molecule has 2 aromatic rings. The van der Waals surface area contributed by atoms with Crippen LogP contribution in [0.5, 0.6) is 0 Å². The highest BCUT2D eigenvalue weighted by Gasteiger charge is 2.35. The van der Waals surface area contributed by atoms with Gasteiger partial charge in [-0.2, -0.15) is 18.2 Å². The average Bonchev–Trinajstić information content (AvgIpc) is 2.80. The van der Waals surface area contributed by atoms with Gasteiger partial charge in [-0.15, -0.1) is 5.10 Å². The topological polar surface area (TPSA) is 70.7 Å². The van der Waals surface area contributed by atoms with Crippen LogP contribution in [0.2, 0.25) is 0 Å². The van der Waals surface area contributed by atoms with E-state index in [1.165, 1.54) is 12.1 Å². The minimum Gasteiger partial charge on any atom is -0.289 e. The van der Waals surface area contributed by atoms with Gasteiger partial charge in [0.2, 0.25) is 11.8 Å². The molecule has 0 saturated heterocycles. The number of aromatic nitrogens is 3. The number of hydrogen-bond acceptors (Lipinski definition) is 3. The molecular formula is C10H5BrF4N4O. The lowest BCUT2D eigenvalue weighted by Crippen LogP contribution is -2.15. The Hall–Kier alpha value is -1.97. The normalized spacial score (nSPS) is 11.4. The van der Waals surface area contributed by atoms with Crippen molar-refractivity contribution in [1.29, 1.82) is 0 Å². The van der Waals surface area contributed by atoms with Gasteiger partial charge >= 0.3 is 6.18 Å². The van der Waals surface area contributed by atoms with Crippen molar-refractivity contribution in [2.24, 2.45) is 0 Å². The molecule has 0 bridgehead atoms. The molecule has 5 nitrogen and oxygen atoms in total. The van der Waals surface area contributed by atoms with Crippen LogP contribution in [0.15, 0.2) is 22.7 Å². The molecule has 1 amide bonds. The molecule has 0 aliphatic carbocycles. The van der Waals surface area contributed by atoms with Crippen molar-refractivity contribution in [2.75, 3.05) is 5.32 Å². The summed E-state index contributed by atoms with van der Waals surface area (Å²) >= 11 is 3.05. The van der Waals surface area contributed by atoms with E-state index in [2.05, 4.69) is 26.0 Å². The van der Waals surface area contributed by atoms with Crippen LogP contribution in [-0.2, 0) is 6.18 Å². The monoisotopic (exact) mass is 352 g/mol. The lowest BCUT2D eigenvalue weighted by Gasteiger charge is -2.03. The van der Waals surface area contributed by atoms with Crippen LogP contribution in [0, 0.1) is 5.82 Å². The molecular weight excluding hydrogens is 348 g/mol. The van der Waals surface area contributed by atoms with Gasteiger partial charge in [0.25, 0.3) is 5.91 Å². The minimum absolute atomic E-state index is 0.349. The molecule has 0 unspecified atom stereocenters. The van der Waals surface area contributed by atoms with Crippen molar-refractivity contribution in [1.82, 2.24) is 15.2 Å². The van der Waals surface area contributed by atoms with Gasteiger partial charge in [-0.1, -0.05) is 15.9 Å². The Labute approximate surface area is 117 Å². The summed E-state index contributed by atoms with van der Waals surface area (Å²) in [5.74, 6) is -3.74. The lowest BCUT2D eigenvalue weighted by molar-refractivity contribution is -0.144. The SMILES string of the molecule is O=C(Nc1n[nH]c(C(F)(F)F)n1)c1cc(Br)ccc1F. The Bertz CT molecular complexity index is 655. The van der Waals surface area contributed by atoms with E-state index in [9.17, 15) is 22.4 Å². The van der Waals surface area contributed by atoms with Crippen molar-refractivity contribution in [3.8, 4) is 0 Å². The van der Waals surface area contributed by atoms with Crippen molar-refractivity contribution in [3.63, 3.8) is 0 Å². The summed E-state index contributed by atoms with van der Waals surface area (Å²) < 4.78 is 50.6.